The largest absolute Gasteiger partial charge is 0.474 e. The van der Waals surface area contributed by atoms with Gasteiger partial charge in [-0.3, -0.25) is 4.79 Å². The molecule has 4 rings (SSSR count). The van der Waals surface area contributed by atoms with Crippen LogP contribution in [0.4, 0.5) is 0 Å². The van der Waals surface area contributed by atoms with Gasteiger partial charge >= 0.3 is 5.97 Å². The fourth-order valence-corrected chi connectivity index (χ4v) is 3.56. The molecule has 1 aliphatic heterocycles. The van der Waals surface area contributed by atoms with E-state index in [1.807, 2.05) is 37.3 Å². The second-order valence-electron chi connectivity index (χ2n) is 6.16. The molecule has 4 heteroatoms. The molecule has 0 fully saturated rings. The van der Waals surface area contributed by atoms with Gasteiger partial charge in [-0.25, -0.2) is 4.79 Å². The van der Waals surface area contributed by atoms with E-state index in [1.54, 1.807) is 18.2 Å². The lowest BCUT2D eigenvalue weighted by Gasteiger charge is -2.32. The second kappa shape index (κ2) is 5.06. The zero-order chi connectivity index (χ0) is 16.9. The number of esters is 1. The van der Waals surface area contributed by atoms with Gasteiger partial charge in [0.15, 0.2) is 0 Å². The molecule has 0 saturated carbocycles. The van der Waals surface area contributed by atoms with Crippen LogP contribution >= 0.6 is 0 Å². The molecule has 24 heavy (non-hydrogen) atoms. The van der Waals surface area contributed by atoms with Crippen molar-refractivity contribution in [2.75, 3.05) is 7.11 Å². The predicted molar refractivity (Wildman–Crippen MR) is 88.9 cm³/mol. The van der Waals surface area contributed by atoms with Crippen molar-refractivity contribution in [3.63, 3.8) is 0 Å². The van der Waals surface area contributed by atoms with Gasteiger partial charge < -0.3 is 9.47 Å². The van der Waals surface area contributed by atoms with E-state index in [0.717, 1.165) is 16.7 Å². The van der Waals surface area contributed by atoms with E-state index in [0.29, 0.717) is 23.3 Å². The van der Waals surface area contributed by atoms with E-state index >= 15 is 0 Å². The van der Waals surface area contributed by atoms with Gasteiger partial charge in [-0.1, -0.05) is 24.3 Å². The summed E-state index contributed by atoms with van der Waals surface area (Å²) in [5.41, 5.74) is 2.81. The van der Waals surface area contributed by atoms with E-state index in [2.05, 4.69) is 0 Å². The summed E-state index contributed by atoms with van der Waals surface area (Å²) in [6.45, 7) is 1.81. The maximum absolute atomic E-state index is 13.0. The number of hydrogen-bond donors (Lipinski definition) is 0. The Morgan fingerprint density at radius 1 is 1.21 bits per heavy atom. The van der Waals surface area contributed by atoms with Crippen molar-refractivity contribution in [3.05, 3.63) is 70.3 Å². The number of rotatable bonds is 1. The maximum atomic E-state index is 13.0. The number of carbonyl (C=O) groups excluding carboxylic acids is 2. The summed E-state index contributed by atoms with van der Waals surface area (Å²) in [5.74, 6) is 0.211. The summed E-state index contributed by atoms with van der Waals surface area (Å²) >= 11 is 0. The first-order valence-corrected chi connectivity index (χ1v) is 7.78. The van der Waals surface area contributed by atoms with E-state index < -0.39 is 11.6 Å². The smallest absolute Gasteiger partial charge is 0.337 e. The van der Waals surface area contributed by atoms with Gasteiger partial charge in [-0.15, -0.1) is 0 Å². The van der Waals surface area contributed by atoms with Crippen LogP contribution in [0.2, 0.25) is 0 Å². The topological polar surface area (TPSA) is 52.6 Å². The number of methoxy groups -OCH3 is 1. The molecule has 0 amide bonds. The van der Waals surface area contributed by atoms with Gasteiger partial charge in [0.25, 0.3) is 0 Å². The quantitative estimate of drug-likeness (QED) is 0.757. The van der Waals surface area contributed by atoms with Gasteiger partial charge in [0.2, 0.25) is 11.4 Å². The normalized spacial score (nSPS) is 20.9. The monoisotopic (exact) mass is 320 g/mol. The Hall–Kier alpha value is -2.88. The summed E-state index contributed by atoms with van der Waals surface area (Å²) in [6.07, 6.45) is 2.31. The van der Waals surface area contributed by atoms with Crippen LogP contribution in [-0.4, -0.2) is 18.9 Å². The Morgan fingerprint density at radius 3 is 2.79 bits per heavy atom. The number of fused-ring (bicyclic) bond motifs is 3. The van der Waals surface area contributed by atoms with E-state index in [1.165, 1.54) is 7.11 Å². The summed E-state index contributed by atoms with van der Waals surface area (Å²) in [6, 6.07) is 12.9. The average Bonchev–Trinajstić information content (AvgIpc) is 2.98. The van der Waals surface area contributed by atoms with Crippen LogP contribution in [-0.2, 0) is 21.6 Å². The Labute approximate surface area is 139 Å². The van der Waals surface area contributed by atoms with Crippen LogP contribution in [0.3, 0.4) is 0 Å². The van der Waals surface area contributed by atoms with Crippen LogP contribution in [0.15, 0.2) is 48.0 Å². The molecule has 1 atom stereocenters. The SMILES string of the molecule is COC(=O)c1ccc2c(c1)C[C@]1(O2)C(=O)C(C)=Cc2ccccc21. The molecule has 0 bridgehead atoms. The lowest BCUT2D eigenvalue weighted by atomic mass is 9.76. The zero-order valence-corrected chi connectivity index (χ0v) is 13.5. The summed E-state index contributed by atoms with van der Waals surface area (Å²) < 4.78 is 10.9. The first-order chi connectivity index (χ1) is 11.5. The Morgan fingerprint density at radius 2 is 2.00 bits per heavy atom. The third-order valence-corrected chi connectivity index (χ3v) is 4.70. The summed E-state index contributed by atoms with van der Waals surface area (Å²) in [4.78, 5) is 24.7. The minimum absolute atomic E-state index is 0.0305. The van der Waals surface area contributed by atoms with Crippen LogP contribution in [0.1, 0.15) is 34.0 Å². The molecule has 2 aromatic carbocycles. The number of benzene rings is 2. The molecule has 0 aromatic heterocycles. The lowest BCUT2D eigenvalue weighted by Crippen LogP contribution is -2.43. The molecular formula is C20H16O4. The highest BCUT2D eigenvalue weighted by molar-refractivity contribution is 6.09. The molecular weight excluding hydrogens is 304 g/mol. The molecule has 120 valence electrons. The van der Waals surface area contributed by atoms with Gasteiger partial charge in [-0.2, -0.15) is 0 Å². The fraction of sp³-hybridized carbons (Fsp3) is 0.200. The highest BCUT2D eigenvalue weighted by Crippen LogP contribution is 2.47. The molecule has 1 spiro atoms. The third-order valence-electron chi connectivity index (χ3n) is 4.70. The van der Waals surface area contributed by atoms with Crippen LogP contribution in [0.25, 0.3) is 6.08 Å². The summed E-state index contributed by atoms with van der Waals surface area (Å²) in [5, 5.41) is 0. The van der Waals surface area contributed by atoms with E-state index in [-0.39, 0.29) is 5.78 Å². The average molecular weight is 320 g/mol. The minimum Gasteiger partial charge on any atom is -0.474 e. The van der Waals surface area contributed by atoms with Gasteiger partial charge in [0.05, 0.1) is 12.7 Å². The minimum atomic E-state index is -1.04. The van der Waals surface area contributed by atoms with Crippen molar-refractivity contribution >= 4 is 17.8 Å². The Balaban J connectivity index is 1.84. The molecule has 0 radical (unpaired) electrons. The van der Waals surface area contributed by atoms with E-state index in [4.69, 9.17) is 9.47 Å². The third kappa shape index (κ3) is 1.92. The van der Waals surface area contributed by atoms with Crippen molar-refractivity contribution < 1.29 is 19.1 Å². The maximum Gasteiger partial charge on any atom is 0.337 e. The first-order valence-electron chi connectivity index (χ1n) is 7.78. The van der Waals surface area contributed by atoms with Crippen molar-refractivity contribution in [2.24, 2.45) is 0 Å². The van der Waals surface area contributed by atoms with Crippen molar-refractivity contribution in [2.45, 2.75) is 18.9 Å². The van der Waals surface area contributed by atoms with E-state index in [9.17, 15) is 9.59 Å². The van der Waals surface area contributed by atoms with Gasteiger partial charge in [0.1, 0.15) is 5.75 Å². The molecule has 0 saturated heterocycles. The number of ketones is 1. The number of Topliss-reactive ketones (excluding diaryl/α,β-unsaturated/α-hetero) is 1. The Kier molecular flexibility index (Phi) is 3.10. The molecule has 2 aromatic rings. The van der Waals surface area contributed by atoms with Crippen molar-refractivity contribution in [1.82, 2.24) is 0 Å². The predicted octanol–water partition coefficient (Wildman–Crippen LogP) is 3.29. The van der Waals surface area contributed by atoms with Crippen LogP contribution in [0.5, 0.6) is 5.75 Å². The second-order valence-corrected chi connectivity index (χ2v) is 6.16. The number of hydrogen-bond acceptors (Lipinski definition) is 4. The summed E-state index contributed by atoms with van der Waals surface area (Å²) in [7, 11) is 1.35. The van der Waals surface area contributed by atoms with Crippen LogP contribution in [0, 0.1) is 0 Å². The van der Waals surface area contributed by atoms with Gasteiger partial charge in [-0.05, 0) is 47.9 Å². The molecule has 4 nitrogen and oxygen atoms in total. The van der Waals surface area contributed by atoms with Crippen molar-refractivity contribution in [3.8, 4) is 5.75 Å². The standard InChI is InChI=1S/C20H16O4/c1-12-9-13-5-3-4-6-16(13)20(18(12)21)11-15-10-14(19(22)23-2)7-8-17(15)24-20/h3-10H,11H2,1-2H3/t20-/m1/s1. The molecule has 1 aliphatic carbocycles. The van der Waals surface area contributed by atoms with Crippen LogP contribution < -0.4 is 4.74 Å². The highest BCUT2D eigenvalue weighted by atomic mass is 16.5. The number of ether oxygens (including phenoxy) is 2. The molecule has 1 heterocycles. The Bertz CT molecular complexity index is 910. The molecule has 0 unspecified atom stereocenters. The van der Waals surface area contributed by atoms with Crippen molar-refractivity contribution in [1.29, 1.82) is 0 Å². The molecule has 2 aliphatic rings. The fourth-order valence-electron chi connectivity index (χ4n) is 3.56. The first kappa shape index (κ1) is 14.7. The lowest BCUT2D eigenvalue weighted by molar-refractivity contribution is -0.130. The molecule has 0 N–H and O–H groups in total. The zero-order valence-electron chi connectivity index (χ0n) is 13.5. The van der Waals surface area contributed by atoms with Gasteiger partial charge in [0, 0.05) is 12.0 Å². The highest BCUT2D eigenvalue weighted by Gasteiger charge is 2.50. The number of carbonyl (C=O) groups is 2.